The molecule has 0 saturated heterocycles. The van der Waals surface area contributed by atoms with Crippen LogP contribution in [0.2, 0.25) is 0 Å². The molecule has 1 unspecified atom stereocenters. The Morgan fingerprint density at radius 3 is 2.62 bits per heavy atom. The molecule has 21 heavy (non-hydrogen) atoms. The quantitative estimate of drug-likeness (QED) is 0.677. The summed E-state index contributed by atoms with van der Waals surface area (Å²) < 4.78 is 4.13. The van der Waals surface area contributed by atoms with Gasteiger partial charge in [-0.25, -0.2) is 4.79 Å². The first kappa shape index (κ1) is 14.4. The van der Waals surface area contributed by atoms with E-state index in [1.165, 1.54) is 6.07 Å². The number of alkyl halides is 2. The molecule has 0 bridgehead atoms. The van der Waals surface area contributed by atoms with Crippen LogP contribution in [0.25, 0.3) is 11.0 Å². The molecule has 0 radical (unpaired) electrons. The van der Waals surface area contributed by atoms with Crippen molar-refractivity contribution >= 4 is 45.8 Å². The Balaban J connectivity index is 1.92. The predicted molar refractivity (Wildman–Crippen MR) is 83.0 cm³/mol. The zero-order valence-electron chi connectivity index (χ0n) is 11.5. The van der Waals surface area contributed by atoms with Crippen LogP contribution in [0.4, 0.5) is 5.69 Å². The zero-order chi connectivity index (χ0) is 15.4. The van der Waals surface area contributed by atoms with Crippen molar-refractivity contribution < 1.29 is 9.21 Å². The highest BCUT2D eigenvalue weighted by Crippen LogP contribution is 2.64. The van der Waals surface area contributed by atoms with Crippen LogP contribution >= 0.6 is 23.2 Å². The van der Waals surface area contributed by atoms with Gasteiger partial charge < -0.3 is 9.73 Å². The molecule has 4 nitrogen and oxygen atoms in total. The number of halogens is 2. The minimum atomic E-state index is -1.02. The molecule has 1 aromatic heterocycles. The smallest absolute Gasteiger partial charge is 0.336 e. The topological polar surface area (TPSA) is 59.3 Å². The highest BCUT2D eigenvalue weighted by molar-refractivity contribution is 6.53. The van der Waals surface area contributed by atoms with E-state index in [1.807, 2.05) is 6.92 Å². The second-order valence-electron chi connectivity index (χ2n) is 5.63. The summed E-state index contributed by atoms with van der Waals surface area (Å²) in [6, 6.07) is 6.61. The van der Waals surface area contributed by atoms with Crippen LogP contribution in [0.1, 0.15) is 18.9 Å². The van der Waals surface area contributed by atoms with Gasteiger partial charge in [-0.1, -0.05) is 0 Å². The van der Waals surface area contributed by atoms with Crippen LogP contribution in [0, 0.1) is 12.3 Å². The van der Waals surface area contributed by atoms with Crippen molar-refractivity contribution in [3.05, 3.63) is 40.2 Å². The maximum Gasteiger partial charge on any atom is 0.336 e. The number of aryl methyl sites for hydroxylation is 1. The SMILES string of the molecule is Cc1cc(=O)oc2cc(NC(=O)C3(C)CC3(Cl)Cl)ccc12. The van der Waals surface area contributed by atoms with Crippen molar-refractivity contribution in [1.82, 2.24) is 0 Å². The number of anilines is 1. The summed E-state index contributed by atoms with van der Waals surface area (Å²) >= 11 is 12.0. The van der Waals surface area contributed by atoms with Crippen molar-refractivity contribution in [3.8, 4) is 0 Å². The van der Waals surface area contributed by atoms with E-state index in [0.29, 0.717) is 17.7 Å². The number of hydrogen-bond donors (Lipinski definition) is 1. The summed E-state index contributed by atoms with van der Waals surface area (Å²) in [7, 11) is 0. The molecule has 110 valence electrons. The molecule has 1 aromatic carbocycles. The van der Waals surface area contributed by atoms with Crippen molar-refractivity contribution in [1.29, 1.82) is 0 Å². The fraction of sp³-hybridized carbons (Fsp3) is 0.333. The van der Waals surface area contributed by atoms with E-state index in [-0.39, 0.29) is 5.91 Å². The molecule has 1 atom stereocenters. The molecule has 1 N–H and O–H groups in total. The second kappa shape index (κ2) is 4.49. The molecule has 1 heterocycles. The second-order valence-corrected chi connectivity index (χ2v) is 7.11. The molecule has 6 heteroatoms. The van der Waals surface area contributed by atoms with Crippen molar-refractivity contribution in [2.45, 2.75) is 24.6 Å². The number of nitrogens with one attached hydrogen (secondary N) is 1. The normalized spacial score (nSPS) is 23.0. The Morgan fingerprint density at radius 2 is 2.00 bits per heavy atom. The minimum absolute atomic E-state index is 0.248. The van der Waals surface area contributed by atoms with Crippen LogP contribution in [-0.4, -0.2) is 10.2 Å². The van der Waals surface area contributed by atoms with Crippen LogP contribution in [0.15, 0.2) is 33.5 Å². The molecule has 1 saturated carbocycles. The maximum atomic E-state index is 12.2. The lowest BCUT2D eigenvalue weighted by Crippen LogP contribution is -2.25. The molecule has 1 fully saturated rings. The monoisotopic (exact) mass is 325 g/mol. The third-order valence-electron chi connectivity index (χ3n) is 3.97. The molecule has 1 aliphatic carbocycles. The van der Waals surface area contributed by atoms with Crippen LogP contribution in [-0.2, 0) is 4.79 Å². The van der Waals surface area contributed by atoms with Gasteiger partial charge in [-0.2, -0.15) is 0 Å². The Kier molecular flexibility index (Phi) is 3.08. The van der Waals surface area contributed by atoms with Crippen molar-refractivity contribution in [2.75, 3.05) is 5.32 Å². The predicted octanol–water partition coefficient (Wildman–Crippen LogP) is 3.62. The average molecular weight is 326 g/mol. The van der Waals surface area contributed by atoms with Crippen LogP contribution in [0.5, 0.6) is 0 Å². The van der Waals surface area contributed by atoms with E-state index in [0.717, 1.165) is 10.9 Å². The standard InChI is InChI=1S/C15H13Cl2NO3/c1-8-5-12(19)21-11-6-9(3-4-10(8)11)18-13(20)14(2)7-15(14,16)17/h3-6H,7H2,1-2H3,(H,18,20). The third-order valence-corrected chi connectivity index (χ3v) is 5.07. The van der Waals surface area contributed by atoms with Crippen LogP contribution < -0.4 is 10.9 Å². The van der Waals surface area contributed by atoms with E-state index in [9.17, 15) is 9.59 Å². The third kappa shape index (κ3) is 2.32. The van der Waals surface area contributed by atoms with Gasteiger partial charge in [0.2, 0.25) is 5.91 Å². The first-order valence-electron chi connectivity index (χ1n) is 6.47. The Hall–Kier alpha value is -1.52. The Labute approximate surface area is 131 Å². The summed E-state index contributed by atoms with van der Waals surface area (Å²) in [5, 5.41) is 3.59. The lowest BCUT2D eigenvalue weighted by Gasteiger charge is -2.13. The van der Waals surface area contributed by atoms with Gasteiger partial charge in [0, 0.05) is 23.2 Å². The van der Waals surface area contributed by atoms with Gasteiger partial charge in [-0.05, 0) is 38.0 Å². The summed E-state index contributed by atoms with van der Waals surface area (Å²) in [5.41, 5.74) is 0.589. The van der Waals surface area contributed by atoms with Crippen molar-refractivity contribution in [3.63, 3.8) is 0 Å². The van der Waals surface area contributed by atoms with Crippen LogP contribution in [0.3, 0.4) is 0 Å². The first-order chi connectivity index (χ1) is 9.73. The van der Waals surface area contributed by atoms with Gasteiger partial charge >= 0.3 is 5.63 Å². The first-order valence-corrected chi connectivity index (χ1v) is 7.22. The summed E-state index contributed by atoms with van der Waals surface area (Å²) in [6.07, 6.45) is 0.413. The number of amides is 1. The summed E-state index contributed by atoms with van der Waals surface area (Å²) in [4.78, 5) is 23.6. The van der Waals surface area contributed by atoms with Crippen molar-refractivity contribution in [2.24, 2.45) is 5.41 Å². The molecule has 2 aromatic rings. The molecule has 0 spiro atoms. The lowest BCUT2D eigenvalue weighted by atomic mass is 10.1. The van der Waals surface area contributed by atoms with E-state index in [2.05, 4.69) is 5.32 Å². The van der Waals surface area contributed by atoms with Gasteiger partial charge in [-0.3, -0.25) is 4.79 Å². The van der Waals surface area contributed by atoms with Gasteiger partial charge in [0.05, 0.1) is 5.41 Å². The maximum absolute atomic E-state index is 12.2. The number of benzene rings is 1. The number of carbonyl (C=O) groups is 1. The lowest BCUT2D eigenvalue weighted by molar-refractivity contribution is -0.120. The number of hydrogen-bond acceptors (Lipinski definition) is 3. The van der Waals surface area contributed by atoms with Gasteiger partial charge in [0.15, 0.2) is 0 Å². The van der Waals surface area contributed by atoms with Gasteiger partial charge in [0.25, 0.3) is 0 Å². The Bertz CT molecular complexity index is 812. The zero-order valence-corrected chi connectivity index (χ0v) is 13.0. The number of carbonyl (C=O) groups excluding carboxylic acids is 1. The molecular formula is C15H13Cl2NO3. The van der Waals surface area contributed by atoms with Gasteiger partial charge in [-0.15, -0.1) is 23.2 Å². The van der Waals surface area contributed by atoms with E-state index in [4.69, 9.17) is 27.6 Å². The summed E-state index contributed by atoms with van der Waals surface area (Å²) in [5.74, 6) is -0.248. The van der Waals surface area contributed by atoms with E-state index < -0.39 is 15.4 Å². The largest absolute Gasteiger partial charge is 0.423 e. The van der Waals surface area contributed by atoms with E-state index in [1.54, 1.807) is 25.1 Å². The number of fused-ring (bicyclic) bond motifs is 1. The minimum Gasteiger partial charge on any atom is -0.423 e. The highest BCUT2D eigenvalue weighted by Gasteiger charge is 2.67. The molecule has 1 amide bonds. The highest BCUT2D eigenvalue weighted by atomic mass is 35.5. The fourth-order valence-electron chi connectivity index (χ4n) is 2.32. The molecule has 1 aliphatic rings. The fourth-order valence-corrected chi connectivity index (χ4v) is 3.02. The van der Waals surface area contributed by atoms with E-state index >= 15 is 0 Å². The molecule has 0 aliphatic heterocycles. The number of rotatable bonds is 2. The van der Waals surface area contributed by atoms with Gasteiger partial charge in [0.1, 0.15) is 9.92 Å². The molecular weight excluding hydrogens is 313 g/mol. The summed E-state index contributed by atoms with van der Waals surface area (Å²) in [6.45, 7) is 3.55. The Morgan fingerprint density at radius 1 is 1.33 bits per heavy atom. The molecule has 3 rings (SSSR count). The average Bonchev–Trinajstić information content (AvgIpc) is 2.89.